The van der Waals surface area contributed by atoms with Crippen molar-refractivity contribution in [2.24, 2.45) is 0 Å². The van der Waals surface area contributed by atoms with Crippen molar-refractivity contribution in [3.05, 3.63) is 24.3 Å². The second-order valence-electron chi connectivity index (χ2n) is 19.9. The lowest BCUT2D eigenvalue weighted by atomic mass is 9.99. The smallest absolute Gasteiger partial charge is 0.394 e. The van der Waals surface area contributed by atoms with Crippen LogP contribution in [0.15, 0.2) is 24.3 Å². The number of carbonyl (C=O) groups excluding carboxylic acids is 1. The SMILES string of the molecule is CCCCCCCCCCCCCC/C=C\CCCCCCCCCC(=O)NC(COC1OC(CO)C(O)C(OS(=O)(=O)O)C1O)C(O)/C=C/CCCCCCCCCCCCCCCCCC. The summed E-state index contributed by atoms with van der Waals surface area (Å²) in [5, 5.41) is 44.9. The number of allylic oxidation sites excluding steroid dienone is 3. The fourth-order valence-corrected chi connectivity index (χ4v) is 9.61. The van der Waals surface area contributed by atoms with Gasteiger partial charge in [-0.15, -0.1) is 0 Å². The van der Waals surface area contributed by atoms with Gasteiger partial charge in [-0.25, -0.2) is 4.18 Å². The summed E-state index contributed by atoms with van der Waals surface area (Å²) in [6.07, 6.45) is 46.4. The van der Waals surface area contributed by atoms with Crippen LogP contribution in [0, 0.1) is 0 Å². The Kier molecular flexibility index (Phi) is 43.2. The molecule has 0 bridgehead atoms. The van der Waals surface area contributed by atoms with Crippen LogP contribution in [0.5, 0.6) is 0 Å². The van der Waals surface area contributed by atoms with E-state index in [9.17, 15) is 38.2 Å². The molecule has 1 aliphatic rings. The third-order valence-corrected chi connectivity index (χ3v) is 13.9. The molecule has 0 radical (unpaired) electrons. The van der Waals surface area contributed by atoms with Gasteiger partial charge in [0.25, 0.3) is 0 Å². The van der Waals surface area contributed by atoms with E-state index in [0.717, 1.165) is 44.9 Å². The van der Waals surface area contributed by atoms with Gasteiger partial charge in [0.05, 0.1) is 25.4 Å². The van der Waals surface area contributed by atoms with Crippen molar-refractivity contribution in [3.8, 4) is 0 Å². The van der Waals surface area contributed by atoms with Gasteiger partial charge in [0.2, 0.25) is 5.91 Å². The van der Waals surface area contributed by atoms with Gasteiger partial charge in [-0.3, -0.25) is 9.35 Å². The lowest BCUT2D eigenvalue weighted by molar-refractivity contribution is -0.298. The molecule has 0 aromatic heterocycles. The topological polar surface area (TPSA) is 192 Å². The number of nitrogens with one attached hydrogen (secondary N) is 1. The Hall–Kier alpha value is -1.42. The number of unbranched alkanes of at least 4 members (excludes halogenated alkanes) is 35. The van der Waals surface area contributed by atoms with Crippen LogP contribution in [0.2, 0.25) is 0 Å². The first kappa shape index (κ1) is 64.6. The first-order valence-corrected chi connectivity index (χ1v) is 29.6. The molecule has 12 nitrogen and oxygen atoms in total. The van der Waals surface area contributed by atoms with Crippen molar-refractivity contribution in [2.75, 3.05) is 13.2 Å². The zero-order valence-electron chi connectivity index (χ0n) is 43.4. The minimum Gasteiger partial charge on any atom is -0.394 e. The monoisotopic (exact) mass is 988 g/mol. The lowest BCUT2D eigenvalue weighted by Crippen LogP contribution is -2.61. The van der Waals surface area contributed by atoms with E-state index in [0.29, 0.717) is 6.42 Å². The first-order chi connectivity index (χ1) is 33.0. The molecular weight excluding hydrogens is 883 g/mol. The summed E-state index contributed by atoms with van der Waals surface area (Å²) in [7, 11) is -5.09. The average molecular weight is 989 g/mol. The zero-order chi connectivity index (χ0) is 49.8. The fraction of sp³-hybridized carbons (Fsp3) is 0.909. The number of rotatable bonds is 49. The Balaban J connectivity index is 2.39. The maximum absolute atomic E-state index is 13.1. The van der Waals surface area contributed by atoms with Crippen molar-refractivity contribution in [2.45, 2.75) is 307 Å². The van der Waals surface area contributed by atoms with Crippen LogP contribution in [-0.2, 0) is 28.9 Å². The lowest BCUT2D eigenvalue weighted by Gasteiger charge is -2.41. The molecule has 1 saturated heterocycles. The summed E-state index contributed by atoms with van der Waals surface area (Å²) in [5.74, 6) is -0.263. The predicted octanol–water partition coefficient (Wildman–Crippen LogP) is 12.8. The van der Waals surface area contributed by atoms with Gasteiger partial charge in [-0.1, -0.05) is 237 Å². The highest BCUT2D eigenvalue weighted by atomic mass is 32.3. The van der Waals surface area contributed by atoms with E-state index in [1.54, 1.807) is 6.08 Å². The molecule has 1 rings (SSSR count). The van der Waals surface area contributed by atoms with E-state index in [-0.39, 0.29) is 18.9 Å². The van der Waals surface area contributed by atoms with E-state index in [2.05, 4.69) is 35.5 Å². The van der Waals surface area contributed by atoms with E-state index in [4.69, 9.17) is 9.47 Å². The number of hydrogen-bond donors (Lipinski definition) is 6. The standard InChI is InChI=1S/C55H105NO11S/c1-3-5-7-9-11-13-15-17-19-21-23-24-25-26-27-29-31-33-35-37-39-41-43-45-51(59)56-48(47-65-55-53(61)54(67-68(62,63)64)52(60)50(46-57)66-55)49(58)44-42-40-38-36-34-32-30-28-22-20-18-16-14-12-10-8-6-4-2/h26-27,42,44,48-50,52-55,57-58,60-61H,3-25,28-41,43,45-47H2,1-2H3,(H,56,59)(H,62,63,64)/b27-26-,44-42+. The molecule has 68 heavy (non-hydrogen) atoms. The number of carbonyl (C=O) groups is 1. The molecule has 7 unspecified atom stereocenters. The molecule has 13 heteroatoms. The minimum absolute atomic E-state index is 0.263. The van der Waals surface area contributed by atoms with Crippen molar-refractivity contribution < 1.29 is 51.8 Å². The number of aliphatic hydroxyl groups excluding tert-OH is 4. The van der Waals surface area contributed by atoms with Crippen molar-refractivity contribution in [3.63, 3.8) is 0 Å². The molecule has 1 aliphatic heterocycles. The molecular formula is C55H105NO11S. The normalized spacial score (nSPS) is 19.9. The van der Waals surface area contributed by atoms with Crippen LogP contribution in [0.25, 0.3) is 0 Å². The molecule has 0 aromatic rings. The molecule has 0 saturated carbocycles. The number of amides is 1. The maximum Gasteiger partial charge on any atom is 0.397 e. The van der Waals surface area contributed by atoms with E-state index in [1.807, 2.05) is 6.08 Å². The number of aliphatic hydroxyl groups is 4. The Labute approximate surface area is 416 Å². The highest BCUT2D eigenvalue weighted by molar-refractivity contribution is 7.80. The Morgan fingerprint density at radius 1 is 0.574 bits per heavy atom. The number of ether oxygens (including phenoxy) is 2. The predicted molar refractivity (Wildman–Crippen MR) is 278 cm³/mol. The summed E-state index contributed by atoms with van der Waals surface area (Å²) in [6, 6.07) is -0.945. The van der Waals surface area contributed by atoms with Gasteiger partial charge < -0.3 is 35.2 Å². The van der Waals surface area contributed by atoms with Gasteiger partial charge in [0.15, 0.2) is 6.29 Å². The van der Waals surface area contributed by atoms with Crippen LogP contribution in [-0.4, -0.2) is 95.4 Å². The maximum atomic E-state index is 13.1. The molecule has 402 valence electrons. The van der Waals surface area contributed by atoms with Crippen molar-refractivity contribution in [1.29, 1.82) is 0 Å². The summed E-state index contributed by atoms with van der Waals surface area (Å²) in [4.78, 5) is 13.1. The summed E-state index contributed by atoms with van der Waals surface area (Å²) in [6.45, 7) is 3.42. The fourth-order valence-electron chi connectivity index (χ4n) is 9.10. The summed E-state index contributed by atoms with van der Waals surface area (Å²) < 4.78 is 47.8. The summed E-state index contributed by atoms with van der Waals surface area (Å²) >= 11 is 0. The molecule has 0 aliphatic carbocycles. The van der Waals surface area contributed by atoms with E-state index >= 15 is 0 Å². The number of hydrogen-bond acceptors (Lipinski definition) is 10. The van der Waals surface area contributed by atoms with Crippen LogP contribution in [0.3, 0.4) is 0 Å². The van der Waals surface area contributed by atoms with E-state index < -0.39 is 59.9 Å². The second-order valence-corrected chi connectivity index (χ2v) is 20.9. The molecule has 7 atom stereocenters. The first-order valence-electron chi connectivity index (χ1n) is 28.2. The molecule has 1 fully saturated rings. The van der Waals surface area contributed by atoms with Gasteiger partial charge in [0, 0.05) is 6.42 Å². The second kappa shape index (κ2) is 45.4. The van der Waals surface area contributed by atoms with Crippen LogP contribution < -0.4 is 5.32 Å². The molecule has 6 N–H and O–H groups in total. The minimum atomic E-state index is -5.09. The average Bonchev–Trinajstić information content (AvgIpc) is 3.31. The third-order valence-electron chi connectivity index (χ3n) is 13.5. The van der Waals surface area contributed by atoms with Crippen LogP contribution in [0.4, 0.5) is 0 Å². The largest absolute Gasteiger partial charge is 0.397 e. The zero-order valence-corrected chi connectivity index (χ0v) is 44.3. The third kappa shape index (κ3) is 37.4. The van der Waals surface area contributed by atoms with Crippen molar-refractivity contribution in [1.82, 2.24) is 5.32 Å². The molecule has 1 amide bonds. The highest BCUT2D eigenvalue weighted by Gasteiger charge is 2.48. The van der Waals surface area contributed by atoms with Crippen LogP contribution >= 0.6 is 0 Å². The van der Waals surface area contributed by atoms with Crippen LogP contribution in [0.1, 0.15) is 264 Å². The van der Waals surface area contributed by atoms with Crippen molar-refractivity contribution >= 4 is 16.3 Å². The van der Waals surface area contributed by atoms with Gasteiger partial charge in [0.1, 0.15) is 24.4 Å². The van der Waals surface area contributed by atoms with Gasteiger partial charge in [-0.2, -0.15) is 8.42 Å². The molecule has 0 spiro atoms. The van der Waals surface area contributed by atoms with Gasteiger partial charge >= 0.3 is 10.4 Å². The Bertz CT molecular complexity index is 1300. The summed E-state index contributed by atoms with van der Waals surface area (Å²) in [5.41, 5.74) is 0. The van der Waals surface area contributed by atoms with Gasteiger partial charge in [-0.05, 0) is 44.9 Å². The molecule has 0 aromatic carbocycles. The highest BCUT2D eigenvalue weighted by Crippen LogP contribution is 2.26. The Morgan fingerprint density at radius 3 is 1.32 bits per heavy atom. The quantitative estimate of drug-likeness (QED) is 0.0193. The van der Waals surface area contributed by atoms with E-state index in [1.165, 1.54) is 193 Å². The molecule has 1 heterocycles. The Morgan fingerprint density at radius 2 is 0.941 bits per heavy atom.